The summed E-state index contributed by atoms with van der Waals surface area (Å²) in [5.41, 5.74) is 7.06. The van der Waals surface area contributed by atoms with Crippen molar-refractivity contribution in [3.63, 3.8) is 0 Å². The predicted molar refractivity (Wildman–Crippen MR) is 132 cm³/mol. The second-order valence-electron chi connectivity index (χ2n) is 12.1. The van der Waals surface area contributed by atoms with Gasteiger partial charge in [0.15, 0.2) is 0 Å². The highest BCUT2D eigenvalue weighted by molar-refractivity contribution is 6.07. The van der Waals surface area contributed by atoms with E-state index in [0.717, 1.165) is 24.6 Å². The molecule has 0 saturated heterocycles. The minimum atomic E-state index is -0.622. The Labute approximate surface area is 200 Å². The van der Waals surface area contributed by atoms with Crippen LogP contribution in [-0.2, 0) is 0 Å². The van der Waals surface area contributed by atoms with Crippen LogP contribution in [0.5, 0.6) is 0 Å². The molecule has 0 unspecified atom stereocenters. The monoisotopic (exact) mass is 466 g/mol. The first-order valence-electron chi connectivity index (χ1n) is 12.3. The van der Waals surface area contributed by atoms with Crippen molar-refractivity contribution in [1.29, 1.82) is 0 Å². The molecule has 0 heterocycles. The molecule has 1 aromatic carbocycles. The van der Waals surface area contributed by atoms with Crippen molar-refractivity contribution in [3.05, 3.63) is 49.6 Å². The van der Waals surface area contributed by atoms with Gasteiger partial charge >= 0.3 is 5.69 Å². The summed E-state index contributed by atoms with van der Waals surface area (Å²) in [7, 11) is 0. The maximum atomic E-state index is 11.6. The highest BCUT2D eigenvalue weighted by atomic mass is 16.6. The molecule has 1 aromatic rings. The second kappa shape index (κ2) is 7.36. The zero-order valence-electron chi connectivity index (χ0n) is 20.8. The van der Waals surface area contributed by atoms with Crippen molar-refractivity contribution in [1.82, 2.24) is 0 Å². The number of hydrogen-bond donors (Lipinski definition) is 1. The first kappa shape index (κ1) is 23.0. The van der Waals surface area contributed by atoms with Crippen molar-refractivity contribution >= 4 is 22.8 Å². The van der Waals surface area contributed by atoms with Gasteiger partial charge in [-0.15, -0.1) is 0 Å². The number of allylic oxidation sites excluding steroid dienone is 2. The van der Waals surface area contributed by atoms with Crippen LogP contribution < -0.4 is 5.43 Å². The molecule has 8 nitrogen and oxygen atoms in total. The van der Waals surface area contributed by atoms with Gasteiger partial charge in [0.1, 0.15) is 5.69 Å². The molecule has 0 amide bonds. The van der Waals surface area contributed by atoms with Crippen molar-refractivity contribution in [2.24, 2.45) is 51.4 Å². The summed E-state index contributed by atoms with van der Waals surface area (Å²) in [6.07, 6.45) is 3.45. The fourth-order valence-electron chi connectivity index (χ4n) is 7.57. The van der Waals surface area contributed by atoms with E-state index in [-0.39, 0.29) is 22.5 Å². The van der Waals surface area contributed by atoms with E-state index in [4.69, 9.17) is 5.10 Å². The van der Waals surface area contributed by atoms with Crippen molar-refractivity contribution in [2.75, 3.05) is 5.43 Å². The zero-order valence-corrected chi connectivity index (χ0v) is 20.8. The van der Waals surface area contributed by atoms with Crippen molar-refractivity contribution in [3.8, 4) is 0 Å². The minimum absolute atomic E-state index is 0.185. The topological polar surface area (TPSA) is 111 Å². The molecule has 182 valence electrons. The number of nitrogens with one attached hydrogen (secondary N) is 1. The maximum Gasteiger partial charge on any atom is 0.301 e. The number of nitro benzene ring substituents is 2. The fraction of sp³-hybridized carbons (Fsp3) is 0.654. The quantitative estimate of drug-likeness (QED) is 0.398. The lowest BCUT2D eigenvalue weighted by Gasteiger charge is -2.42. The summed E-state index contributed by atoms with van der Waals surface area (Å²) in [5, 5.41) is 27.5. The van der Waals surface area contributed by atoms with Crippen LogP contribution in [-0.4, -0.2) is 15.6 Å². The third-order valence-corrected chi connectivity index (χ3v) is 10.5. The second-order valence-corrected chi connectivity index (χ2v) is 12.1. The standard InChI is InChI=1S/C26H34N4O4/c1-13-17-9-15(25(13,3)4)10-19(17)23-20-12-18(14(2)26(20,5)6)24(23)28-27-21-8-7-16(29(31)32)11-22(21)30(33)34/h7-8,11,13-15,17-18,20,27H,9-10,12H2,1-6H3/b23-19?,28-24-/t13-,14-,15-,17+,18-,20+/m0/s1. The Kier molecular flexibility index (Phi) is 4.98. The summed E-state index contributed by atoms with van der Waals surface area (Å²) < 4.78 is 0. The Bertz CT molecular complexity index is 1150. The number of non-ortho nitro benzene ring substituents is 1. The lowest BCUT2D eigenvalue weighted by Crippen LogP contribution is -2.38. The van der Waals surface area contributed by atoms with Gasteiger partial charge in [-0.2, -0.15) is 5.10 Å². The van der Waals surface area contributed by atoms with Crippen LogP contribution in [0.1, 0.15) is 60.8 Å². The van der Waals surface area contributed by atoms with E-state index >= 15 is 0 Å². The Balaban J connectivity index is 1.56. The fourth-order valence-corrected chi connectivity index (χ4v) is 7.57. The molecule has 4 fully saturated rings. The molecule has 8 heteroatoms. The highest BCUT2D eigenvalue weighted by Gasteiger charge is 2.60. The molecule has 0 radical (unpaired) electrons. The van der Waals surface area contributed by atoms with Crippen molar-refractivity contribution < 1.29 is 9.85 Å². The largest absolute Gasteiger partial charge is 0.301 e. The number of rotatable bonds is 4. The highest BCUT2D eigenvalue weighted by Crippen LogP contribution is 2.67. The Morgan fingerprint density at radius 1 is 0.971 bits per heavy atom. The van der Waals surface area contributed by atoms with Gasteiger partial charge in [0, 0.05) is 12.0 Å². The maximum absolute atomic E-state index is 11.6. The average molecular weight is 467 g/mol. The molecule has 1 N–H and O–H groups in total. The van der Waals surface area contributed by atoms with Crippen LogP contribution in [0.3, 0.4) is 0 Å². The van der Waals surface area contributed by atoms with Gasteiger partial charge in [0.05, 0.1) is 21.6 Å². The van der Waals surface area contributed by atoms with Crippen LogP contribution in [0, 0.1) is 66.6 Å². The summed E-state index contributed by atoms with van der Waals surface area (Å²) >= 11 is 0. The van der Waals surface area contributed by atoms with Gasteiger partial charge in [0.2, 0.25) is 0 Å². The summed E-state index contributed by atoms with van der Waals surface area (Å²) in [5.74, 6) is 3.12. The van der Waals surface area contributed by atoms with Crippen LogP contribution in [0.2, 0.25) is 0 Å². The molecule has 6 atom stereocenters. The van der Waals surface area contributed by atoms with Gasteiger partial charge < -0.3 is 0 Å². The van der Waals surface area contributed by atoms with Gasteiger partial charge in [-0.3, -0.25) is 25.7 Å². The average Bonchev–Trinajstić information content (AvgIpc) is 3.47. The third kappa shape index (κ3) is 3.06. The number of nitrogens with zero attached hydrogens (tertiary/aromatic N) is 3. The molecule has 4 saturated carbocycles. The van der Waals surface area contributed by atoms with E-state index in [9.17, 15) is 20.2 Å². The number of anilines is 1. The number of hydrazone groups is 1. The summed E-state index contributed by atoms with van der Waals surface area (Å²) in [4.78, 5) is 21.5. The summed E-state index contributed by atoms with van der Waals surface area (Å²) in [6.45, 7) is 14.2. The van der Waals surface area contributed by atoms with Crippen molar-refractivity contribution in [2.45, 2.75) is 60.8 Å². The lowest BCUT2D eigenvalue weighted by molar-refractivity contribution is -0.393. The molecular formula is C26H34N4O4. The Morgan fingerprint density at radius 3 is 2.24 bits per heavy atom. The van der Waals surface area contributed by atoms with Gasteiger partial charge in [-0.05, 0) is 71.3 Å². The zero-order chi connectivity index (χ0) is 24.7. The van der Waals surface area contributed by atoms with E-state index in [2.05, 4.69) is 47.0 Å². The molecular weight excluding hydrogens is 432 g/mol. The Hall–Kier alpha value is -2.77. The van der Waals surface area contributed by atoms with Crippen LogP contribution in [0.15, 0.2) is 34.4 Å². The number of fused-ring (bicyclic) bond motifs is 4. The molecule has 4 bridgehead atoms. The van der Waals surface area contributed by atoms with E-state index in [1.807, 2.05) is 0 Å². The van der Waals surface area contributed by atoms with Gasteiger partial charge in [0.25, 0.3) is 5.69 Å². The molecule has 4 aliphatic rings. The third-order valence-electron chi connectivity index (χ3n) is 10.5. The van der Waals surface area contributed by atoms with Gasteiger partial charge in [-0.1, -0.05) is 47.1 Å². The lowest BCUT2D eigenvalue weighted by atomic mass is 9.62. The van der Waals surface area contributed by atoms with E-state index in [0.29, 0.717) is 40.9 Å². The first-order chi connectivity index (χ1) is 15.9. The molecule has 0 aliphatic heterocycles. The van der Waals surface area contributed by atoms with Crippen LogP contribution in [0.25, 0.3) is 0 Å². The minimum Gasteiger partial charge on any atom is -0.271 e. The number of benzene rings is 1. The number of nitro groups is 2. The summed E-state index contributed by atoms with van der Waals surface area (Å²) in [6, 6.07) is 3.66. The van der Waals surface area contributed by atoms with E-state index < -0.39 is 9.85 Å². The SMILES string of the molecule is C[C@H]1[C@H]2C[C@@H](CC2=C2/C(=N\Nc3ccc([N+](=O)[O-])cc3[N+](=O)[O-])[C@H]3C[C@H]2C(C)(C)[C@H]3C)C1(C)C. The number of hydrogen-bond acceptors (Lipinski definition) is 6. The molecule has 4 aliphatic carbocycles. The molecule has 0 aromatic heterocycles. The van der Waals surface area contributed by atoms with Gasteiger partial charge in [-0.25, -0.2) is 0 Å². The molecule has 5 rings (SSSR count). The van der Waals surface area contributed by atoms with E-state index in [1.165, 1.54) is 24.1 Å². The molecule has 34 heavy (non-hydrogen) atoms. The van der Waals surface area contributed by atoms with E-state index in [1.54, 1.807) is 5.57 Å². The normalized spacial score (nSPS) is 38.0. The Morgan fingerprint density at radius 2 is 1.65 bits per heavy atom. The smallest absolute Gasteiger partial charge is 0.271 e. The molecule has 0 spiro atoms. The first-order valence-corrected chi connectivity index (χ1v) is 12.3. The van der Waals surface area contributed by atoms with Crippen LogP contribution in [0.4, 0.5) is 17.1 Å². The predicted octanol–water partition coefficient (Wildman–Crippen LogP) is 6.58. The van der Waals surface area contributed by atoms with Crippen LogP contribution >= 0.6 is 0 Å².